The molecule has 2 aromatic carbocycles. The number of hydrogen-bond acceptors (Lipinski definition) is 2. The average molecular weight is 401 g/mol. The number of carbonyl (C=O) groups is 1. The summed E-state index contributed by atoms with van der Waals surface area (Å²) in [7, 11) is 0. The molecule has 1 aliphatic heterocycles. The van der Waals surface area contributed by atoms with Crippen molar-refractivity contribution in [3.05, 3.63) is 71.8 Å². The van der Waals surface area contributed by atoms with E-state index in [1.165, 1.54) is 11.1 Å². The van der Waals surface area contributed by atoms with Crippen molar-refractivity contribution in [2.24, 2.45) is 0 Å². The fourth-order valence-electron chi connectivity index (χ4n) is 3.44. The highest BCUT2D eigenvalue weighted by molar-refractivity contribution is 9.10. The molecule has 0 N–H and O–H groups in total. The number of halogens is 1. The van der Waals surface area contributed by atoms with Crippen molar-refractivity contribution in [2.45, 2.75) is 24.2 Å². The lowest BCUT2D eigenvalue weighted by Gasteiger charge is -2.41. The molecule has 0 saturated carbocycles. The third kappa shape index (κ3) is 4.31. The Kier molecular flexibility index (Phi) is 5.60. The van der Waals surface area contributed by atoms with Crippen LogP contribution in [0.15, 0.2) is 60.7 Å². The number of hydrogen-bond donors (Lipinski definition) is 0. The maximum atomic E-state index is 12.5. The van der Waals surface area contributed by atoms with Gasteiger partial charge in [-0.25, -0.2) is 0 Å². The first-order chi connectivity index (χ1) is 12.0. The second-order valence-corrected chi connectivity index (χ2v) is 9.01. The smallest absolute Gasteiger partial charge is 0.238 e. The van der Waals surface area contributed by atoms with E-state index in [0.29, 0.717) is 0 Å². The Balaban J connectivity index is 1.79. The van der Waals surface area contributed by atoms with Crippen LogP contribution in [-0.4, -0.2) is 46.2 Å². The van der Waals surface area contributed by atoms with Gasteiger partial charge in [-0.3, -0.25) is 9.69 Å². The molecule has 0 bridgehead atoms. The lowest BCUT2D eigenvalue weighted by atomic mass is 9.96. The summed E-state index contributed by atoms with van der Waals surface area (Å²) in [6.07, 6.45) is 0. The fourth-order valence-corrected chi connectivity index (χ4v) is 3.69. The maximum absolute atomic E-state index is 12.5. The van der Waals surface area contributed by atoms with Gasteiger partial charge in [0.2, 0.25) is 5.91 Å². The number of alkyl halides is 1. The minimum Gasteiger partial charge on any atom is -0.339 e. The first-order valence-electron chi connectivity index (χ1n) is 8.79. The Hall–Kier alpha value is -1.65. The largest absolute Gasteiger partial charge is 0.339 e. The molecule has 0 unspecified atom stereocenters. The molecule has 0 radical (unpaired) electrons. The molecule has 4 heteroatoms. The molecule has 3 nitrogen and oxygen atoms in total. The van der Waals surface area contributed by atoms with Gasteiger partial charge in [0.1, 0.15) is 0 Å². The molecule has 25 heavy (non-hydrogen) atoms. The summed E-state index contributed by atoms with van der Waals surface area (Å²) in [6.45, 7) is 7.12. The Morgan fingerprint density at radius 2 is 1.32 bits per heavy atom. The average Bonchev–Trinajstić information content (AvgIpc) is 2.63. The normalized spacial score (nSPS) is 16.2. The first-order valence-corrected chi connectivity index (χ1v) is 9.58. The molecule has 3 rings (SSSR count). The van der Waals surface area contributed by atoms with Gasteiger partial charge in [-0.1, -0.05) is 76.6 Å². The Morgan fingerprint density at radius 3 is 1.72 bits per heavy atom. The van der Waals surface area contributed by atoms with Crippen molar-refractivity contribution in [1.29, 1.82) is 0 Å². The van der Waals surface area contributed by atoms with Crippen LogP contribution in [0.5, 0.6) is 0 Å². The van der Waals surface area contributed by atoms with E-state index in [1.807, 2.05) is 18.7 Å². The minimum absolute atomic E-state index is 0.170. The van der Waals surface area contributed by atoms with E-state index in [0.717, 1.165) is 26.2 Å². The number of carbonyl (C=O) groups excluding carboxylic acids is 1. The summed E-state index contributed by atoms with van der Waals surface area (Å²) >= 11 is 3.49. The minimum atomic E-state index is -0.493. The second-order valence-electron chi connectivity index (χ2n) is 7.02. The summed E-state index contributed by atoms with van der Waals surface area (Å²) in [6, 6.07) is 21.5. The van der Waals surface area contributed by atoms with Crippen LogP contribution in [0.4, 0.5) is 0 Å². The van der Waals surface area contributed by atoms with Crippen molar-refractivity contribution in [3.63, 3.8) is 0 Å². The zero-order valence-corrected chi connectivity index (χ0v) is 16.4. The third-order valence-electron chi connectivity index (χ3n) is 4.71. The van der Waals surface area contributed by atoms with E-state index in [9.17, 15) is 4.79 Å². The SMILES string of the molecule is CC(C)(Br)C(=O)N1CCN(C(c2ccccc2)c2ccccc2)CC1. The highest BCUT2D eigenvalue weighted by atomic mass is 79.9. The van der Waals surface area contributed by atoms with Crippen molar-refractivity contribution >= 4 is 21.8 Å². The van der Waals surface area contributed by atoms with Crippen LogP contribution in [-0.2, 0) is 4.79 Å². The van der Waals surface area contributed by atoms with Crippen LogP contribution in [0.3, 0.4) is 0 Å². The molecule has 1 heterocycles. The second kappa shape index (κ2) is 7.71. The van der Waals surface area contributed by atoms with E-state index >= 15 is 0 Å². The summed E-state index contributed by atoms with van der Waals surface area (Å²) in [4.78, 5) is 16.9. The van der Waals surface area contributed by atoms with Gasteiger partial charge in [-0.05, 0) is 25.0 Å². The number of piperazine rings is 1. The van der Waals surface area contributed by atoms with Crippen LogP contribution >= 0.6 is 15.9 Å². The predicted molar refractivity (Wildman–Crippen MR) is 106 cm³/mol. The first kappa shape index (κ1) is 18.2. The molecule has 2 aromatic rings. The van der Waals surface area contributed by atoms with Gasteiger partial charge in [0.15, 0.2) is 0 Å². The summed E-state index contributed by atoms with van der Waals surface area (Å²) < 4.78 is -0.493. The molecule has 1 amide bonds. The Labute approximate surface area is 158 Å². The number of amides is 1. The molecule has 1 aliphatic rings. The summed E-state index contributed by atoms with van der Waals surface area (Å²) in [5.41, 5.74) is 2.60. The Bertz CT molecular complexity index is 649. The fraction of sp³-hybridized carbons (Fsp3) is 0.381. The van der Waals surface area contributed by atoms with E-state index in [4.69, 9.17) is 0 Å². The Morgan fingerprint density at radius 1 is 0.880 bits per heavy atom. The van der Waals surface area contributed by atoms with Gasteiger partial charge in [0, 0.05) is 26.2 Å². The zero-order valence-electron chi connectivity index (χ0n) is 14.9. The number of nitrogens with zero attached hydrogens (tertiary/aromatic N) is 2. The van der Waals surface area contributed by atoms with Gasteiger partial charge < -0.3 is 4.90 Å². The van der Waals surface area contributed by atoms with Crippen LogP contribution in [0.2, 0.25) is 0 Å². The quantitative estimate of drug-likeness (QED) is 0.721. The molecular formula is C21H25BrN2O. The monoisotopic (exact) mass is 400 g/mol. The van der Waals surface area contributed by atoms with Gasteiger partial charge >= 0.3 is 0 Å². The lowest BCUT2D eigenvalue weighted by Crippen LogP contribution is -2.53. The van der Waals surface area contributed by atoms with Crippen LogP contribution < -0.4 is 0 Å². The van der Waals surface area contributed by atoms with Crippen molar-refractivity contribution in [2.75, 3.05) is 26.2 Å². The van der Waals surface area contributed by atoms with Gasteiger partial charge in [-0.15, -0.1) is 0 Å². The maximum Gasteiger partial charge on any atom is 0.238 e. The van der Waals surface area contributed by atoms with Crippen molar-refractivity contribution < 1.29 is 4.79 Å². The van der Waals surface area contributed by atoms with Crippen LogP contribution in [0.1, 0.15) is 31.0 Å². The summed E-state index contributed by atoms with van der Waals surface area (Å²) in [5, 5.41) is 0. The van der Waals surface area contributed by atoms with Crippen molar-refractivity contribution in [1.82, 2.24) is 9.80 Å². The van der Waals surface area contributed by atoms with E-state index < -0.39 is 4.32 Å². The molecule has 1 fully saturated rings. The molecule has 132 valence electrons. The highest BCUT2D eigenvalue weighted by Crippen LogP contribution is 2.30. The molecule has 0 atom stereocenters. The van der Waals surface area contributed by atoms with Gasteiger partial charge in [0.05, 0.1) is 10.4 Å². The van der Waals surface area contributed by atoms with Gasteiger partial charge in [-0.2, -0.15) is 0 Å². The number of benzene rings is 2. The zero-order chi connectivity index (χ0) is 17.9. The van der Waals surface area contributed by atoms with Crippen LogP contribution in [0, 0.1) is 0 Å². The molecule has 1 saturated heterocycles. The molecule has 0 aromatic heterocycles. The van der Waals surface area contributed by atoms with Crippen LogP contribution in [0.25, 0.3) is 0 Å². The van der Waals surface area contributed by atoms with E-state index in [1.54, 1.807) is 0 Å². The highest BCUT2D eigenvalue weighted by Gasteiger charge is 2.33. The van der Waals surface area contributed by atoms with E-state index in [2.05, 4.69) is 81.5 Å². The standard InChI is InChI=1S/C21H25BrN2O/c1-21(2,22)20(25)24-15-13-23(14-16-24)19(17-9-5-3-6-10-17)18-11-7-4-8-12-18/h3-12,19H,13-16H2,1-2H3. The summed E-state index contributed by atoms with van der Waals surface area (Å²) in [5.74, 6) is 0.170. The van der Waals surface area contributed by atoms with Gasteiger partial charge in [0.25, 0.3) is 0 Å². The number of rotatable bonds is 4. The third-order valence-corrected chi connectivity index (χ3v) is 5.04. The topological polar surface area (TPSA) is 23.6 Å². The molecule has 0 aliphatic carbocycles. The van der Waals surface area contributed by atoms with E-state index in [-0.39, 0.29) is 11.9 Å². The molecular weight excluding hydrogens is 376 g/mol. The lowest BCUT2D eigenvalue weighted by molar-refractivity contribution is -0.134. The molecule has 0 spiro atoms. The predicted octanol–water partition coefficient (Wildman–Crippen LogP) is 4.09. The van der Waals surface area contributed by atoms with Crippen molar-refractivity contribution in [3.8, 4) is 0 Å².